The van der Waals surface area contributed by atoms with Crippen molar-refractivity contribution >= 4 is 22.7 Å². The van der Waals surface area contributed by atoms with Crippen molar-refractivity contribution in [1.29, 1.82) is 5.26 Å². The predicted octanol–water partition coefficient (Wildman–Crippen LogP) is 6.51. The van der Waals surface area contributed by atoms with Crippen molar-refractivity contribution in [3.8, 4) is 23.1 Å². The number of nitrogens with zero attached hydrogens (tertiary/aromatic N) is 2. The van der Waals surface area contributed by atoms with Crippen LogP contribution in [0.2, 0.25) is 0 Å². The fourth-order valence-corrected chi connectivity index (χ4v) is 3.88. The molecule has 1 saturated carbocycles. The Morgan fingerprint density at radius 1 is 1.22 bits per heavy atom. The van der Waals surface area contributed by atoms with Crippen LogP contribution in [0.25, 0.3) is 22.2 Å². The van der Waals surface area contributed by atoms with Crippen LogP contribution in [0.3, 0.4) is 0 Å². The van der Waals surface area contributed by atoms with Gasteiger partial charge in [-0.05, 0) is 68.9 Å². The molecule has 0 aliphatic heterocycles. The van der Waals surface area contributed by atoms with Crippen molar-refractivity contribution in [3.05, 3.63) is 48.0 Å². The zero-order valence-corrected chi connectivity index (χ0v) is 18.9. The normalized spacial score (nSPS) is 13.2. The molecule has 1 aromatic heterocycles. The van der Waals surface area contributed by atoms with Crippen molar-refractivity contribution in [2.24, 2.45) is 5.92 Å². The van der Waals surface area contributed by atoms with E-state index in [1.807, 2.05) is 42.5 Å². The number of carbonyl (C=O) groups excluding carboxylic acids is 1. The molecule has 1 fully saturated rings. The molecule has 0 saturated heterocycles. The molecule has 0 radical (unpaired) electrons. The van der Waals surface area contributed by atoms with Gasteiger partial charge >= 0.3 is 6.09 Å². The van der Waals surface area contributed by atoms with Gasteiger partial charge in [-0.3, -0.25) is 5.32 Å². The standard InChI is InChI=1S/C26H29N3O3/c1-4-13-31-21-11-12-22-23(15-27)25(29(17(2)3)24(22)14-21)19-7-9-20(10-8-19)28-26(30)32-16-18-5-6-18/h7-12,14,17-18H,4-6,13,16H2,1-3H3,(H,28,30). The summed E-state index contributed by atoms with van der Waals surface area (Å²) in [6, 6.07) is 16.0. The van der Waals surface area contributed by atoms with E-state index in [2.05, 4.69) is 36.7 Å². The predicted molar refractivity (Wildman–Crippen MR) is 126 cm³/mol. The lowest BCUT2D eigenvalue weighted by molar-refractivity contribution is 0.156. The molecule has 6 nitrogen and oxygen atoms in total. The van der Waals surface area contributed by atoms with Crippen molar-refractivity contribution in [1.82, 2.24) is 4.57 Å². The Balaban J connectivity index is 1.67. The smallest absolute Gasteiger partial charge is 0.411 e. The third kappa shape index (κ3) is 4.57. The van der Waals surface area contributed by atoms with Crippen LogP contribution in [0.15, 0.2) is 42.5 Å². The SMILES string of the molecule is CCCOc1ccc2c(C#N)c(-c3ccc(NC(=O)OCC4CC4)cc3)n(C(C)C)c2c1. The maximum Gasteiger partial charge on any atom is 0.411 e. The summed E-state index contributed by atoms with van der Waals surface area (Å²) in [5.74, 6) is 1.33. The van der Waals surface area contributed by atoms with Gasteiger partial charge in [0.15, 0.2) is 0 Å². The van der Waals surface area contributed by atoms with Crippen LogP contribution < -0.4 is 10.1 Å². The van der Waals surface area contributed by atoms with Gasteiger partial charge < -0.3 is 14.0 Å². The number of benzene rings is 2. The van der Waals surface area contributed by atoms with Gasteiger partial charge in [0.05, 0.1) is 30.0 Å². The van der Waals surface area contributed by atoms with Crippen LogP contribution in [0.1, 0.15) is 51.6 Å². The average molecular weight is 432 g/mol. The molecule has 166 valence electrons. The molecule has 0 unspecified atom stereocenters. The Bertz CT molecular complexity index is 1150. The van der Waals surface area contributed by atoms with E-state index in [0.29, 0.717) is 30.4 Å². The van der Waals surface area contributed by atoms with Gasteiger partial charge in [0.25, 0.3) is 0 Å². The van der Waals surface area contributed by atoms with Crippen molar-refractivity contribution in [2.75, 3.05) is 18.5 Å². The number of fused-ring (bicyclic) bond motifs is 1. The molecule has 0 atom stereocenters. The highest BCUT2D eigenvalue weighted by atomic mass is 16.5. The van der Waals surface area contributed by atoms with E-state index >= 15 is 0 Å². The highest BCUT2D eigenvalue weighted by Crippen LogP contribution is 2.38. The summed E-state index contributed by atoms with van der Waals surface area (Å²) in [4.78, 5) is 12.0. The number of carbonyl (C=O) groups is 1. The molecule has 32 heavy (non-hydrogen) atoms. The van der Waals surface area contributed by atoms with Gasteiger partial charge in [-0.2, -0.15) is 5.26 Å². The monoisotopic (exact) mass is 431 g/mol. The third-order valence-corrected chi connectivity index (χ3v) is 5.63. The van der Waals surface area contributed by atoms with Gasteiger partial charge in [0, 0.05) is 23.2 Å². The second kappa shape index (κ2) is 9.35. The molecule has 1 amide bonds. The Morgan fingerprint density at radius 2 is 1.97 bits per heavy atom. The van der Waals surface area contributed by atoms with Crippen LogP contribution >= 0.6 is 0 Å². The molecule has 2 aromatic carbocycles. The first-order valence-corrected chi connectivity index (χ1v) is 11.3. The van der Waals surface area contributed by atoms with Crippen molar-refractivity contribution < 1.29 is 14.3 Å². The van der Waals surface area contributed by atoms with Crippen LogP contribution in [-0.4, -0.2) is 23.9 Å². The molecule has 0 bridgehead atoms. The summed E-state index contributed by atoms with van der Waals surface area (Å²) >= 11 is 0. The van der Waals surface area contributed by atoms with Crippen LogP contribution in [0.4, 0.5) is 10.5 Å². The van der Waals surface area contributed by atoms with Gasteiger partial charge in [-0.25, -0.2) is 4.79 Å². The lowest BCUT2D eigenvalue weighted by Crippen LogP contribution is -2.15. The zero-order chi connectivity index (χ0) is 22.7. The van der Waals surface area contributed by atoms with E-state index < -0.39 is 6.09 Å². The summed E-state index contributed by atoms with van der Waals surface area (Å²) < 4.78 is 13.3. The fourth-order valence-electron chi connectivity index (χ4n) is 3.88. The Hall–Kier alpha value is -3.46. The topological polar surface area (TPSA) is 76.3 Å². The number of anilines is 1. The van der Waals surface area contributed by atoms with Crippen molar-refractivity contribution in [2.45, 2.75) is 46.1 Å². The lowest BCUT2D eigenvalue weighted by Gasteiger charge is -2.16. The number of hydrogen-bond acceptors (Lipinski definition) is 4. The van der Waals surface area contributed by atoms with E-state index in [-0.39, 0.29) is 6.04 Å². The molecular formula is C26H29N3O3. The number of nitriles is 1. The summed E-state index contributed by atoms with van der Waals surface area (Å²) in [6.45, 7) is 7.43. The number of aromatic nitrogens is 1. The summed E-state index contributed by atoms with van der Waals surface area (Å²) in [5.41, 5.74) is 4.06. The number of rotatable bonds is 8. The van der Waals surface area contributed by atoms with E-state index in [4.69, 9.17) is 9.47 Å². The number of amides is 1. The molecule has 1 N–H and O–H groups in total. The molecule has 1 aliphatic carbocycles. The maximum atomic E-state index is 12.0. The first kappa shape index (κ1) is 21.8. The number of ether oxygens (including phenoxy) is 2. The highest BCUT2D eigenvalue weighted by molar-refractivity contribution is 5.95. The Labute approximate surface area is 188 Å². The van der Waals surface area contributed by atoms with E-state index in [9.17, 15) is 10.1 Å². The van der Waals surface area contributed by atoms with Gasteiger partial charge in [0.2, 0.25) is 0 Å². The minimum atomic E-state index is -0.432. The molecule has 4 rings (SSSR count). The minimum absolute atomic E-state index is 0.145. The van der Waals surface area contributed by atoms with E-state index in [0.717, 1.165) is 47.2 Å². The van der Waals surface area contributed by atoms with Crippen LogP contribution in [-0.2, 0) is 4.74 Å². The zero-order valence-electron chi connectivity index (χ0n) is 18.9. The lowest BCUT2D eigenvalue weighted by atomic mass is 10.1. The van der Waals surface area contributed by atoms with Crippen LogP contribution in [0.5, 0.6) is 5.75 Å². The first-order chi connectivity index (χ1) is 15.5. The maximum absolute atomic E-state index is 12.0. The molecule has 1 aliphatic rings. The van der Waals surface area contributed by atoms with Crippen molar-refractivity contribution in [3.63, 3.8) is 0 Å². The fraction of sp³-hybridized carbons (Fsp3) is 0.385. The third-order valence-electron chi connectivity index (χ3n) is 5.63. The largest absolute Gasteiger partial charge is 0.494 e. The Kier molecular flexibility index (Phi) is 6.36. The summed E-state index contributed by atoms with van der Waals surface area (Å²) in [6.07, 6.45) is 2.78. The van der Waals surface area contributed by atoms with E-state index in [1.165, 1.54) is 0 Å². The summed E-state index contributed by atoms with van der Waals surface area (Å²) in [5, 5.41) is 13.7. The minimum Gasteiger partial charge on any atom is -0.494 e. The quantitative estimate of drug-likeness (QED) is 0.441. The highest BCUT2D eigenvalue weighted by Gasteiger charge is 2.23. The Morgan fingerprint density at radius 3 is 2.59 bits per heavy atom. The van der Waals surface area contributed by atoms with Gasteiger partial charge in [-0.15, -0.1) is 0 Å². The second-order valence-electron chi connectivity index (χ2n) is 8.57. The van der Waals surface area contributed by atoms with E-state index in [1.54, 1.807) is 0 Å². The molecule has 3 aromatic rings. The second-order valence-corrected chi connectivity index (χ2v) is 8.57. The number of hydrogen-bond donors (Lipinski definition) is 1. The van der Waals surface area contributed by atoms with Gasteiger partial charge in [-0.1, -0.05) is 19.1 Å². The van der Waals surface area contributed by atoms with Crippen LogP contribution in [0, 0.1) is 17.2 Å². The average Bonchev–Trinajstić information content (AvgIpc) is 3.56. The molecular weight excluding hydrogens is 402 g/mol. The summed E-state index contributed by atoms with van der Waals surface area (Å²) in [7, 11) is 0. The number of nitrogens with one attached hydrogen (secondary N) is 1. The molecule has 1 heterocycles. The molecule has 6 heteroatoms. The molecule has 0 spiro atoms. The first-order valence-electron chi connectivity index (χ1n) is 11.3. The van der Waals surface area contributed by atoms with Gasteiger partial charge in [0.1, 0.15) is 11.8 Å².